The molecule has 0 saturated heterocycles. The summed E-state index contributed by atoms with van der Waals surface area (Å²) in [6.45, 7) is 7.70. The van der Waals surface area contributed by atoms with Crippen molar-refractivity contribution in [1.82, 2.24) is 15.6 Å². The van der Waals surface area contributed by atoms with Gasteiger partial charge in [-0.3, -0.25) is 4.99 Å². The first-order chi connectivity index (χ1) is 11.9. The Hall–Kier alpha value is -1.22. The molecule has 7 heteroatoms. The quantitative estimate of drug-likeness (QED) is 0.264. The van der Waals surface area contributed by atoms with Crippen LogP contribution in [0.4, 0.5) is 4.39 Å². The van der Waals surface area contributed by atoms with Gasteiger partial charge in [0.05, 0.1) is 5.01 Å². The largest absolute Gasteiger partial charge is 0.356 e. The third kappa shape index (κ3) is 7.19. The predicted molar refractivity (Wildman–Crippen MR) is 119 cm³/mol. The number of aliphatic imine (C=N–C) groups is 1. The molecule has 1 aromatic heterocycles. The summed E-state index contributed by atoms with van der Waals surface area (Å²) in [5.41, 5.74) is 1.86. The van der Waals surface area contributed by atoms with Gasteiger partial charge in [-0.05, 0) is 31.0 Å². The Kier molecular flexibility index (Phi) is 9.49. The number of aryl methyl sites for hydroxylation is 2. The van der Waals surface area contributed by atoms with E-state index in [1.807, 2.05) is 13.0 Å². The van der Waals surface area contributed by atoms with Crippen LogP contribution in [0, 0.1) is 12.7 Å². The Morgan fingerprint density at radius 1 is 1.31 bits per heavy atom. The highest BCUT2D eigenvalue weighted by molar-refractivity contribution is 14.0. The molecule has 0 spiro atoms. The number of aromatic nitrogens is 1. The molecule has 1 aromatic carbocycles. The van der Waals surface area contributed by atoms with Crippen LogP contribution >= 0.6 is 35.3 Å². The summed E-state index contributed by atoms with van der Waals surface area (Å²) < 4.78 is 13.4. The molecule has 0 fully saturated rings. The fourth-order valence-corrected chi connectivity index (χ4v) is 3.32. The van der Waals surface area contributed by atoms with E-state index in [9.17, 15) is 4.39 Å². The van der Waals surface area contributed by atoms with Gasteiger partial charge in [-0.15, -0.1) is 35.3 Å². The van der Waals surface area contributed by atoms with E-state index in [0.29, 0.717) is 6.54 Å². The van der Waals surface area contributed by atoms with Crippen LogP contribution in [-0.2, 0) is 11.8 Å². The van der Waals surface area contributed by atoms with Crippen LogP contribution < -0.4 is 10.6 Å². The summed E-state index contributed by atoms with van der Waals surface area (Å²) in [5.74, 6) is 0.560. The number of rotatable bonds is 7. The number of nitrogens with zero attached hydrogens (tertiary/aromatic N) is 2. The molecule has 0 unspecified atom stereocenters. The third-order valence-electron chi connectivity index (χ3n) is 4.05. The lowest BCUT2D eigenvalue weighted by Crippen LogP contribution is -2.43. The van der Waals surface area contributed by atoms with E-state index in [-0.39, 0.29) is 35.2 Å². The van der Waals surface area contributed by atoms with E-state index >= 15 is 0 Å². The van der Waals surface area contributed by atoms with Gasteiger partial charge in [0.15, 0.2) is 5.96 Å². The van der Waals surface area contributed by atoms with Gasteiger partial charge < -0.3 is 10.6 Å². The second-order valence-corrected chi connectivity index (χ2v) is 7.68. The zero-order chi connectivity index (χ0) is 18.3. The van der Waals surface area contributed by atoms with Gasteiger partial charge in [0.2, 0.25) is 0 Å². The van der Waals surface area contributed by atoms with Gasteiger partial charge in [0.1, 0.15) is 5.82 Å². The molecule has 4 nitrogen and oxygen atoms in total. The third-order valence-corrected chi connectivity index (χ3v) is 5.08. The van der Waals surface area contributed by atoms with Crippen LogP contribution in [0.1, 0.15) is 36.5 Å². The zero-order valence-electron chi connectivity index (χ0n) is 15.8. The first-order valence-electron chi connectivity index (χ1n) is 8.52. The van der Waals surface area contributed by atoms with E-state index in [1.54, 1.807) is 30.5 Å². The number of nitrogens with one attached hydrogen (secondary N) is 2. The highest BCUT2D eigenvalue weighted by Crippen LogP contribution is 2.22. The molecule has 1 heterocycles. The predicted octanol–water partition coefficient (Wildman–Crippen LogP) is 4.28. The summed E-state index contributed by atoms with van der Waals surface area (Å²) in [4.78, 5) is 8.73. The topological polar surface area (TPSA) is 49.3 Å². The van der Waals surface area contributed by atoms with E-state index < -0.39 is 0 Å². The molecular weight excluding hydrogens is 462 g/mol. The lowest BCUT2D eigenvalue weighted by atomic mass is 9.84. The first kappa shape index (κ1) is 22.8. The van der Waals surface area contributed by atoms with Crippen molar-refractivity contribution in [1.29, 1.82) is 0 Å². The molecular formula is C19H28FIN4S. The van der Waals surface area contributed by atoms with Crippen LogP contribution in [0.2, 0.25) is 0 Å². The molecule has 0 aliphatic heterocycles. The Labute approximate surface area is 176 Å². The lowest BCUT2D eigenvalue weighted by molar-refractivity contribution is 0.503. The average molecular weight is 490 g/mol. The standard InChI is InChI=1S/C19H27FN4S.HI/c1-14-12-25-17(24-14)9-6-10-22-18(21-4)23-13-19(2,3)15-7-5-8-16(20)11-15;/h5,7-8,11-12H,6,9-10,13H2,1-4H3,(H2,21,22,23);1H. The van der Waals surface area contributed by atoms with E-state index in [2.05, 4.69) is 39.8 Å². The minimum absolute atomic E-state index is 0. The molecule has 2 N–H and O–H groups in total. The Morgan fingerprint density at radius 3 is 2.69 bits per heavy atom. The van der Waals surface area contributed by atoms with Gasteiger partial charge in [0.25, 0.3) is 0 Å². The first-order valence-corrected chi connectivity index (χ1v) is 9.40. The maximum absolute atomic E-state index is 13.4. The maximum atomic E-state index is 13.4. The second kappa shape index (κ2) is 10.8. The SMILES string of the molecule is CN=C(NCCCc1nc(C)cs1)NCC(C)(C)c1cccc(F)c1.I. The molecule has 2 rings (SSSR count). The van der Waals surface area contributed by atoms with Crippen LogP contribution in [0.25, 0.3) is 0 Å². The van der Waals surface area contributed by atoms with Crippen LogP contribution in [0.15, 0.2) is 34.6 Å². The van der Waals surface area contributed by atoms with Crippen molar-refractivity contribution in [3.63, 3.8) is 0 Å². The van der Waals surface area contributed by atoms with Gasteiger partial charge in [0, 0.05) is 43.0 Å². The molecule has 0 radical (unpaired) electrons. The summed E-state index contributed by atoms with van der Waals surface area (Å²) in [6, 6.07) is 6.77. The van der Waals surface area contributed by atoms with Crippen molar-refractivity contribution in [2.75, 3.05) is 20.1 Å². The van der Waals surface area contributed by atoms with Gasteiger partial charge in [-0.2, -0.15) is 0 Å². The molecule has 0 atom stereocenters. The van der Waals surface area contributed by atoms with Crippen LogP contribution in [0.5, 0.6) is 0 Å². The Balaban J connectivity index is 0.00000338. The number of hydrogen-bond donors (Lipinski definition) is 2. The fraction of sp³-hybridized carbons (Fsp3) is 0.474. The van der Waals surface area contributed by atoms with Gasteiger partial charge in [-0.25, -0.2) is 9.37 Å². The van der Waals surface area contributed by atoms with Crippen molar-refractivity contribution in [3.8, 4) is 0 Å². The summed E-state index contributed by atoms with van der Waals surface area (Å²) in [5, 5.41) is 9.91. The lowest BCUT2D eigenvalue weighted by Gasteiger charge is -2.26. The normalized spacial score (nSPS) is 11.8. The molecule has 0 aliphatic rings. The zero-order valence-corrected chi connectivity index (χ0v) is 19.0. The number of guanidine groups is 1. The molecule has 0 aliphatic carbocycles. The number of hydrogen-bond acceptors (Lipinski definition) is 3. The van der Waals surface area contributed by atoms with Crippen molar-refractivity contribution >= 4 is 41.3 Å². The summed E-state index contributed by atoms with van der Waals surface area (Å²) in [7, 11) is 1.76. The molecule has 0 amide bonds. The van der Waals surface area contributed by atoms with Crippen molar-refractivity contribution in [2.24, 2.45) is 4.99 Å². The smallest absolute Gasteiger partial charge is 0.191 e. The molecule has 0 bridgehead atoms. The molecule has 2 aromatic rings. The number of thiazole rings is 1. The second-order valence-electron chi connectivity index (χ2n) is 6.73. The highest BCUT2D eigenvalue weighted by atomic mass is 127. The monoisotopic (exact) mass is 490 g/mol. The van der Waals surface area contributed by atoms with Crippen molar-refractivity contribution < 1.29 is 4.39 Å². The minimum Gasteiger partial charge on any atom is -0.356 e. The Morgan fingerprint density at radius 2 is 2.08 bits per heavy atom. The Bertz CT molecular complexity index is 715. The average Bonchev–Trinajstić information content (AvgIpc) is 2.99. The van der Waals surface area contributed by atoms with Gasteiger partial charge >= 0.3 is 0 Å². The molecule has 144 valence electrons. The fourth-order valence-electron chi connectivity index (χ4n) is 2.50. The molecule has 0 saturated carbocycles. The highest BCUT2D eigenvalue weighted by Gasteiger charge is 2.21. The van der Waals surface area contributed by atoms with Crippen molar-refractivity contribution in [2.45, 2.75) is 39.0 Å². The number of halogens is 2. The van der Waals surface area contributed by atoms with Crippen LogP contribution in [-0.4, -0.2) is 31.1 Å². The summed E-state index contributed by atoms with van der Waals surface area (Å²) in [6.07, 6.45) is 1.97. The van der Waals surface area contributed by atoms with Crippen molar-refractivity contribution in [3.05, 3.63) is 51.7 Å². The maximum Gasteiger partial charge on any atom is 0.191 e. The summed E-state index contributed by atoms with van der Waals surface area (Å²) >= 11 is 1.71. The number of benzene rings is 1. The minimum atomic E-state index is -0.203. The van der Waals surface area contributed by atoms with Crippen LogP contribution in [0.3, 0.4) is 0 Å². The molecule has 26 heavy (non-hydrogen) atoms. The van der Waals surface area contributed by atoms with Gasteiger partial charge in [-0.1, -0.05) is 26.0 Å². The van der Waals surface area contributed by atoms with E-state index in [4.69, 9.17) is 0 Å². The van der Waals surface area contributed by atoms with E-state index in [0.717, 1.165) is 36.6 Å². The van der Waals surface area contributed by atoms with E-state index in [1.165, 1.54) is 11.1 Å².